The van der Waals surface area contributed by atoms with Gasteiger partial charge in [-0.25, -0.2) is 0 Å². The second-order valence-electron chi connectivity index (χ2n) is 5.87. The van der Waals surface area contributed by atoms with E-state index in [1.54, 1.807) is 4.90 Å². The molecule has 1 aliphatic heterocycles. The van der Waals surface area contributed by atoms with Gasteiger partial charge >= 0.3 is 0 Å². The van der Waals surface area contributed by atoms with Crippen molar-refractivity contribution in [2.45, 2.75) is 27.2 Å². The summed E-state index contributed by atoms with van der Waals surface area (Å²) in [7, 11) is 0. The van der Waals surface area contributed by atoms with Crippen LogP contribution in [0, 0.1) is 18.8 Å². The van der Waals surface area contributed by atoms with Gasteiger partial charge in [0.15, 0.2) is 0 Å². The minimum absolute atomic E-state index is 0.0313. The number of benzene rings is 1. The standard InChI is InChI=1S/C16H21ClN2O2/c1-10(2)16(21)18-13-5-4-11(3)14(7-13)19-9-12(8-17)6-15(19)20/h4-5,7,10,12H,6,8-9H2,1-3H3,(H,18,21). The van der Waals surface area contributed by atoms with E-state index in [4.69, 9.17) is 11.6 Å². The van der Waals surface area contributed by atoms with Crippen molar-refractivity contribution in [2.75, 3.05) is 22.6 Å². The van der Waals surface area contributed by atoms with Gasteiger partial charge < -0.3 is 10.2 Å². The Bertz CT molecular complexity index is 557. The fourth-order valence-corrected chi connectivity index (χ4v) is 2.59. The number of hydrogen-bond donors (Lipinski definition) is 1. The van der Waals surface area contributed by atoms with Crippen LogP contribution in [0.5, 0.6) is 0 Å². The van der Waals surface area contributed by atoms with Crippen molar-refractivity contribution in [1.82, 2.24) is 0 Å². The summed E-state index contributed by atoms with van der Waals surface area (Å²) in [6, 6.07) is 5.65. The van der Waals surface area contributed by atoms with Gasteiger partial charge in [0.1, 0.15) is 0 Å². The van der Waals surface area contributed by atoms with Crippen LogP contribution in [0.1, 0.15) is 25.8 Å². The number of alkyl halides is 1. The third-order valence-corrected chi connectivity index (χ3v) is 4.15. The minimum Gasteiger partial charge on any atom is -0.326 e. The van der Waals surface area contributed by atoms with Crippen LogP contribution < -0.4 is 10.2 Å². The quantitative estimate of drug-likeness (QED) is 0.869. The van der Waals surface area contributed by atoms with Crippen LogP contribution in [0.3, 0.4) is 0 Å². The number of halogens is 1. The molecule has 0 bridgehead atoms. The van der Waals surface area contributed by atoms with Crippen LogP contribution in [0.15, 0.2) is 18.2 Å². The topological polar surface area (TPSA) is 49.4 Å². The molecular formula is C16H21ClN2O2. The van der Waals surface area contributed by atoms with E-state index < -0.39 is 0 Å². The molecular weight excluding hydrogens is 288 g/mol. The molecule has 0 radical (unpaired) electrons. The molecule has 0 saturated carbocycles. The maximum absolute atomic E-state index is 12.1. The zero-order chi connectivity index (χ0) is 15.6. The number of carbonyl (C=O) groups is 2. The molecule has 1 saturated heterocycles. The number of carbonyl (C=O) groups excluding carboxylic acids is 2. The molecule has 1 atom stereocenters. The Hall–Kier alpha value is -1.55. The van der Waals surface area contributed by atoms with E-state index in [1.165, 1.54) is 0 Å². The van der Waals surface area contributed by atoms with Crippen LogP contribution >= 0.6 is 11.6 Å². The van der Waals surface area contributed by atoms with Crippen LogP contribution in [-0.2, 0) is 9.59 Å². The Labute approximate surface area is 130 Å². The van der Waals surface area contributed by atoms with Crippen LogP contribution in [-0.4, -0.2) is 24.2 Å². The van der Waals surface area contributed by atoms with E-state index in [0.29, 0.717) is 18.8 Å². The lowest BCUT2D eigenvalue weighted by Gasteiger charge is -2.20. The molecule has 2 amide bonds. The highest BCUT2D eigenvalue weighted by Crippen LogP contribution is 2.30. The van der Waals surface area contributed by atoms with Gasteiger partial charge in [-0.05, 0) is 30.5 Å². The van der Waals surface area contributed by atoms with Crippen molar-refractivity contribution in [3.63, 3.8) is 0 Å². The number of anilines is 2. The molecule has 1 N–H and O–H groups in total. The van der Waals surface area contributed by atoms with Crippen molar-refractivity contribution < 1.29 is 9.59 Å². The first-order chi connectivity index (χ1) is 9.92. The van der Waals surface area contributed by atoms with Crippen LogP contribution in [0.4, 0.5) is 11.4 Å². The smallest absolute Gasteiger partial charge is 0.227 e. The highest BCUT2D eigenvalue weighted by atomic mass is 35.5. The summed E-state index contributed by atoms with van der Waals surface area (Å²) < 4.78 is 0. The second-order valence-corrected chi connectivity index (χ2v) is 6.18. The van der Waals surface area contributed by atoms with Crippen molar-refractivity contribution in [3.05, 3.63) is 23.8 Å². The fraction of sp³-hybridized carbons (Fsp3) is 0.500. The molecule has 1 fully saturated rings. The summed E-state index contributed by atoms with van der Waals surface area (Å²) in [5.41, 5.74) is 2.59. The van der Waals surface area contributed by atoms with Gasteiger partial charge in [-0.3, -0.25) is 9.59 Å². The predicted octanol–water partition coefficient (Wildman–Crippen LogP) is 3.18. The molecule has 0 spiro atoms. The largest absolute Gasteiger partial charge is 0.326 e. The first kappa shape index (κ1) is 15.8. The lowest BCUT2D eigenvalue weighted by Crippen LogP contribution is -2.26. The zero-order valence-electron chi connectivity index (χ0n) is 12.6. The van der Waals surface area contributed by atoms with E-state index in [2.05, 4.69) is 5.32 Å². The van der Waals surface area contributed by atoms with Gasteiger partial charge in [0.25, 0.3) is 0 Å². The number of aryl methyl sites for hydroxylation is 1. The summed E-state index contributed by atoms with van der Waals surface area (Å²) in [5.74, 6) is 0.675. The maximum Gasteiger partial charge on any atom is 0.227 e. The molecule has 4 nitrogen and oxygen atoms in total. The van der Waals surface area contributed by atoms with Crippen molar-refractivity contribution in [2.24, 2.45) is 11.8 Å². The van der Waals surface area contributed by atoms with Gasteiger partial charge in [-0.15, -0.1) is 11.6 Å². The van der Waals surface area contributed by atoms with Gasteiger partial charge in [0.05, 0.1) is 0 Å². The average Bonchev–Trinajstić information content (AvgIpc) is 2.82. The highest BCUT2D eigenvalue weighted by molar-refractivity contribution is 6.18. The maximum atomic E-state index is 12.1. The molecule has 114 valence electrons. The molecule has 1 aromatic carbocycles. The molecule has 1 unspecified atom stereocenters. The van der Waals surface area contributed by atoms with Crippen molar-refractivity contribution >= 4 is 34.8 Å². The van der Waals surface area contributed by atoms with Crippen molar-refractivity contribution in [1.29, 1.82) is 0 Å². The number of rotatable bonds is 4. The number of amides is 2. The lowest BCUT2D eigenvalue weighted by atomic mass is 10.1. The Morgan fingerprint density at radius 2 is 2.19 bits per heavy atom. The summed E-state index contributed by atoms with van der Waals surface area (Å²) >= 11 is 5.86. The van der Waals surface area contributed by atoms with E-state index in [9.17, 15) is 9.59 Å². The predicted molar refractivity (Wildman–Crippen MR) is 85.8 cm³/mol. The van der Waals surface area contributed by atoms with Gasteiger partial charge in [-0.1, -0.05) is 19.9 Å². The van der Waals surface area contributed by atoms with Crippen molar-refractivity contribution in [3.8, 4) is 0 Å². The van der Waals surface area contributed by atoms with E-state index in [-0.39, 0.29) is 23.7 Å². The Morgan fingerprint density at radius 1 is 1.48 bits per heavy atom. The van der Waals surface area contributed by atoms with Crippen LogP contribution in [0.25, 0.3) is 0 Å². The zero-order valence-corrected chi connectivity index (χ0v) is 13.4. The summed E-state index contributed by atoms with van der Waals surface area (Å²) in [6.45, 7) is 6.30. The molecule has 1 heterocycles. The number of hydrogen-bond acceptors (Lipinski definition) is 2. The summed E-state index contributed by atoms with van der Waals surface area (Å²) in [6.07, 6.45) is 0.492. The Morgan fingerprint density at radius 3 is 2.76 bits per heavy atom. The number of nitrogens with zero attached hydrogens (tertiary/aromatic N) is 1. The normalized spacial score (nSPS) is 18.4. The first-order valence-corrected chi connectivity index (χ1v) is 7.73. The summed E-state index contributed by atoms with van der Waals surface area (Å²) in [5, 5.41) is 2.87. The van der Waals surface area contributed by atoms with Crippen LogP contribution in [0.2, 0.25) is 0 Å². The van der Waals surface area contributed by atoms with Gasteiger partial charge in [0.2, 0.25) is 11.8 Å². The molecule has 2 rings (SSSR count). The fourth-order valence-electron chi connectivity index (χ4n) is 2.38. The molecule has 0 aromatic heterocycles. The molecule has 21 heavy (non-hydrogen) atoms. The lowest BCUT2D eigenvalue weighted by molar-refractivity contribution is -0.119. The monoisotopic (exact) mass is 308 g/mol. The minimum atomic E-state index is -0.0798. The first-order valence-electron chi connectivity index (χ1n) is 7.20. The second kappa shape index (κ2) is 6.48. The third kappa shape index (κ3) is 3.56. The van der Waals surface area contributed by atoms with E-state index in [0.717, 1.165) is 16.9 Å². The molecule has 0 aliphatic carbocycles. The number of nitrogens with one attached hydrogen (secondary N) is 1. The Kier molecular flexibility index (Phi) is 4.88. The highest BCUT2D eigenvalue weighted by Gasteiger charge is 2.30. The SMILES string of the molecule is Cc1ccc(NC(=O)C(C)C)cc1N1CC(CCl)CC1=O. The van der Waals surface area contributed by atoms with Gasteiger partial charge in [0, 0.05) is 36.1 Å². The Balaban J connectivity index is 2.23. The van der Waals surface area contributed by atoms with Gasteiger partial charge in [-0.2, -0.15) is 0 Å². The molecule has 1 aliphatic rings. The van der Waals surface area contributed by atoms with E-state index in [1.807, 2.05) is 39.0 Å². The van der Waals surface area contributed by atoms with E-state index >= 15 is 0 Å². The molecule has 5 heteroatoms. The average molecular weight is 309 g/mol. The summed E-state index contributed by atoms with van der Waals surface area (Å²) in [4.78, 5) is 25.7. The molecule has 1 aromatic rings. The third-order valence-electron chi connectivity index (χ3n) is 3.72.